The van der Waals surface area contributed by atoms with E-state index in [1.807, 2.05) is 44.2 Å². The number of pyridine rings is 1. The first-order valence-electron chi connectivity index (χ1n) is 9.72. The van der Waals surface area contributed by atoms with Crippen molar-refractivity contribution >= 4 is 40.1 Å². The van der Waals surface area contributed by atoms with Gasteiger partial charge in [-0.05, 0) is 41.8 Å². The Morgan fingerprint density at radius 2 is 1.84 bits per heavy atom. The third kappa shape index (κ3) is 6.43. The topological polar surface area (TPSA) is 102 Å². The van der Waals surface area contributed by atoms with E-state index in [0.29, 0.717) is 35.3 Å². The lowest BCUT2D eigenvalue weighted by Crippen LogP contribution is -2.43. The number of hydrogen-bond donors (Lipinski definition) is 3. The van der Waals surface area contributed by atoms with Crippen molar-refractivity contribution in [2.45, 2.75) is 13.8 Å². The van der Waals surface area contributed by atoms with E-state index < -0.39 is 0 Å². The molecule has 3 N–H and O–H groups in total. The van der Waals surface area contributed by atoms with Gasteiger partial charge in [0.05, 0.1) is 17.4 Å². The number of carbonyl (C=O) groups excluding carboxylic acids is 1. The normalized spacial score (nSPS) is 11.6. The largest absolute Gasteiger partial charge is 0.355 e. The Labute approximate surface area is 186 Å². The van der Waals surface area contributed by atoms with Crippen molar-refractivity contribution in [1.82, 2.24) is 15.6 Å². The Hall–Kier alpha value is -3.63. The van der Waals surface area contributed by atoms with Crippen LogP contribution in [0.25, 0.3) is 10.9 Å². The van der Waals surface area contributed by atoms with Crippen LogP contribution in [0.4, 0.5) is 5.69 Å². The van der Waals surface area contributed by atoms with Crippen molar-refractivity contribution in [3.63, 3.8) is 0 Å². The predicted octanol–water partition coefficient (Wildman–Crippen LogP) is 4.18. The molecule has 2 aromatic carbocycles. The standard InChI is InChI=1S/C23H23ClN6O/c1-23(2,13-27-21(31)16-7-9-18(24)10-8-16)14-28-22(29-15-25)30-19-11-17-5-3-4-6-20(17)26-12-19/h3-12H,13-14H2,1-2H3,(H,27,31)(H2,28,29,30). The number of hydrogen-bond acceptors (Lipinski definition) is 4. The summed E-state index contributed by atoms with van der Waals surface area (Å²) in [5.41, 5.74) is 1.85. The number of fused-ring (bicyclic) bond motifs is 1. The molecular weight excluding hydrogens is 412 g/mol. The molecule has 31 heavy (non-hydrogen) atoms. The first-order valence-corrected chi connectivity index (χ1v) is 10.1. The van der Waals surface area contributed by atoms with Gasteiger partial charge in [-0.2, -0.15) is 5.26 Å². The summed E-state index contributed by atoms with van der Waals surface area (Å²) < 4.78 is 0. The second-order valence-electron chi connectivity index (χ2n) is 7.81. The van der Waals surface area contributed by atoms with E-state index in [9.17, 15) is 4.79 Å². The van der Waals surface area contributed by atoms with Crippen LogP contribution < -0.4 is 16.0 Å². The number of nitriles is 1. The minimum absolute atomic E-state index is 0.170. The molecule has 0 atom stereocenters. The van der Waals surface area contributed by atoms with Gasteiger partial charge in [0, 0.05) is 29.1 Å². The van der Waals surface area contributed by atoms with Crippen molar-refractivity contribution in [3.05, 3.63) is 71.4 Å². The van der Waals surface area contributed by atoms with E-state index in [0.717, 1.165) is 10.9 Å². The average molecular weight is 435 g/mol. The lowest BCUT2D eigenvalue weighted by atomic mass is 9.93. The van der Waals surface area contributed by atoms with Crippen LogP contribution in [-0.4, -0.2) is 29.9 Å². The van der Waals surface area contributed by atoms with Gasteiger partial charge in [0.2, 0.25) is 12.2 Å². The summed E-state index contributed by atoms with van der Waals surface area (Å²) in [7, 11) is 0. The molecule has 0 aliphatic rings. The molecule has 3 aromatic rings. The number of nitrogens with one attached hydrogen (secondary N) is 3. The summed E-state index contributed by atoms with van der Waals surface area (Å²) in [6.45, 7) is 4.91. The third-order valence-corrected chi connectivity index (χ3v) is 4.84. The third-order valence-electron chi connectivity index (χ3n) is 4.58. The van der Waals surface area contributed by atoms with Crippen molar-refractivity contribution < 1.29 is 4.79 Å². The minimum Gasteiger partial charge on any atom is -0.355 e. The second-order valence-corrected chi connectivity index (χ2v) is 8.25. The molecule has 0 bridgehead atoms. The summed E-state index contributed by atoms with van der Waals surface area (Å²) in [5, 5.41) is 19.8. The van der Waals surface area contributed by atoms with E-state index in [1.165, 1.54) is 0 Å². The highest BCUT2D eigenvalue weighted by Gasteiger charge is 2.20. The number of amides is 1. The van der Waals surface area contributed by atoms with Crippen LogP contribution in [-0.2, 0) is 0 Å². The van der Waals surface area contributed by atoms with Crippen LogP contribution in [0.5, 0.6) is 0 Å². The summed E-state index contributed by atoms with van der Waals surface area (Å²) in [6, 6.07) is 16.4. The Morgan fingerprint density at radius 3 is 2.58 bits per heavy atom. The van der Waals surface area contributed by atoms with Crippen molar-refractivity contribution in [2.24, 2.45) is 10.4 Å². The Balaban J connectivity index is 1.57. The molecule has 0 aliphatic carbocycles. The maximum Gasteiger partial charge on any atom is 0.251 e. The number of nitrogens with zero attached hydrogens (tertiary/aromatic N) is 3. The van der Waals surface area contributed by atoms with Crippen LogP contribution >= 0.6 is 11.6 Å². The Bertz CT molecular complexity index is 1130. The van der Waals surface area contributed by atoms with Gasteiger partial charge in [0.15, 0.2) is 0 Å². The van der Waals surface area contributed by atoms with Gasteiger partial charge in [-0.3, -0.25) is 9.78 Å². The van der Waals surface area contributed by atoms with Gasteiger partial charge >= 0.3 is 0 Å². The average Bonchev–Trinajstić information content (AvgIpc) is 2.76. The molecule has 0 radical (unpaired) electrons. The molecule has 0 saturated carbocycles. The van der Waals surface area contributed by atoms with Crippen LogP contribution in [0.3, 0.4) is 0 Å². The van der Waals surface area contributed by atoms with E-state index in [2.05, 4.69) is 25.9 Å². The molecule has 1 aromatic heterocycles. The number of anilines is 1. The summed E-state index contributed by atoms with van der Waals surface area (Å²) in [4.78, 5) is 20.6. The van der Waals surface area contributed by atoms with Crippen LogP contribution in [0.15, 0.2) is 65.8 Å². The van der Waals surface area contributed by atoms with Crippen LogP contribution in [0.2, 0.25) is 5.02 Å². The number of aromatic nitrogens is 1. The Kier molecular flexibility index (Phi) is 7.06. The molecule has 0 aliphatic heterocycles. The maximum absolute atomic E-state index is 12.3. The first-order chi connectivity index (χ1) is 14.9. The molecule has 0 unspecified atom stereocenters. The molecule has 1 heterocycles. The number of para-hydroxylation sites is 1. The number of halogens is 1. The summed E-state index contributed by atoms with van der Waals surface area (Å²) >= 11 is 5.87. The van der Waals surface area contributed by atoms with E-state index >= 15 is 0 Å². The van der Waals surface area contributed by atoms with Gasteiger partial charge in [-0.1, -0.05) is 43.6 Å². The number of benzene rings is 2. The maximum atomic E-state index is 12.3. The highest BCUT2D eigenvalue weighted by atomic mass is 35.5. The number of aliphatic imine (C=N–C) groups is 1. The molecule has 158 valence electrons. The summed E-state index contributed by atoms with van der Waals surface area (Å²) in [5.74, 6) is 0.146. The fourth-order valence-electron chi connectivity index (χ4n) is 2.85. The van der Waals surface area contributed by atoms with E-state index in [1.54, 1.807) is 36.7 Å². The van der Waals surface area contributed by atoms with Gasteiger partial charge in [-0.25, -0.2) is 0 Å². The minimum atomic E-state index is -0.304. The molecule has 1 amide bonds. The van der Waals surface area contributed by atoms with E-state index in [4.69, 9.17) is 16.9 Å². The smallest absolute Gasteiger partial charge is 0.251 e. The van der Waals surface area contributed by atoms with Gasteiger partial charge in [0.1, 0.15) is 0 Å². The zero-order chi connectivity index (χ0) is 22.3. The molecule has 3 rings (SSSR count). The predicted molar refractivity (Wildman–Crippen MR) is 124 cm³/mol. The van der Waals surface area contributed by atoms with Gasteiger partial charge < -0.3 is 16.0 Å². The van der Waals surface area contributed by atoms with Gasteiger partial charge in [0.25, 0.3) is 5.91 Å². The van der Waals surface area contributed by atoms with Crippen molar-refractivity contribution in [2.75, 3.05) is 18.4 Å². The van der Waals surface area contributed by atoms with Crippen LogP contribution in [0, 0.1) is 16.9 Å². The van der Waals surface area contributed by atoms with Crippen LogP contribution in [0.1, 0.15) is 24.2 Å². The van der Waals surface area contributed by atoms with Crippen molar-refractivity contribution in [1.29, 1.82) is 5.26 Å². The lowest BCUT2D eigenvalue weighted by molar-refractivity contribution is 0.0937. The molecule has 7 nitrogen and oxygen atoms in total. The molecule has 0 fully saturated rings. The molecule has 0 saturated heterocycles. The zero-order valence-corrected chi connectivity index (χ0v) is 18.1. The molecular formula is C23H23ClN6O. The highest BCUT2D eigenvalue weighted by molar-refractivity contribution is 6.30. The quantitative estimate of drug-likeness (QED) is 0.307. The number of rotatable bonds is 6. The monoisotopic (exact) mass is 434 g/mol. The molecule has 8 heteroatoms. The van der Waals surface area contributed by atoms with Gasteiger partial charge in [-0.15, -0.1) is 4.99 Å². The zero-order valence-electron chi connectivity index (χ0n) is 17.3. The number of guanidine groups is 1. The van der Waals surface area contributed by atoms with E-state index in [-0.39, 0.29) is 11.3 Å². The Morgan fingerprint density at radius 1 is 1.13 bits per heavy atom. The second kappa shape index (κ2) is 9.92. The number of carbonyl (C=O) groups is 1. The fourth-order valence-corrected chi connectivity index (χ4v) is 2.97. The summed E-state index contributed by atoms with van der Waals surface area (Å²) in [6.07, 6.45) is 3.49. The fraction of sp³-hybridized carbons (Fsp3) is 0.217. The SMILES string of the molecule is CC(C)(CNC(=O)c1ccc(Cl)cc1)CNC(=NC#N)Nc1cnc2ccccc2c1. The lowest BCUT2D eigenvalue weighted by Gasteiger charge is -2.26. The highest BCUT2D eigenvalue weighted by Crippen LogP contribution is 2.17. The molecule has 0 spiro atoms. The van der Waals surface area contributed by atoms with Crippen molar-refractivity contribution in [3.8, 4) is 6.19 Å². The first kappa shape index (κ1) is 22.1.